The highest BCUT2D eigenvalue weighted by Gasteiger charge is 2.12. The molecule has 0 radical (unpaired) electrons. The highest BCUT2D eigenvalue weighted by atomic mass is 15.1. The van der Waals surface area contributed by atoms with Gasteiger partial charge in [-0.05, 0) is 51.0 Å². The average molecular weight is 283 g/mol. The van der Waals surface area contributed by atoms with Gasteiger partial charge in [0.05, 0.1) is 12.2 Å². The van der Waals surface area contributed by atoms with Gasteiger partial charge in [0, 0.05) is 24.5 Å². The molecule has 3 nitrogen and oxygen atoms in total. The van der Waals surface area contributed by atoms with E-state index in [1.165, 1.54) is 16.8 Å². The molecule has 0 bridgehead atoms. The fraction of sp³-hybridized carbons (Fsp3) is 0.389. The van der Waals surface area contributed by atoms with Crippen LogP contribution < -0.4 is 10.6 Å². The summed E-state index contributed by atoms with van der Waals surface area (Å²) in [5.41, 5.74) is 11.0. The molecule has 112 valence electrons. The van der Waals surface area contributed by atoms with Crippen LogP contribution in [0.4, 0.5) is 5.69 Å². The van der Waals surface area contributed by atoms with Crippen molar-refractivity contribution in [2.45, 2.75) is 39.8 Å². The van der Waals surface area contributed by atoms with E-state index in [0.717, 1.165) is 25.2 Å². The van der Waals surface area contributed by atoms with Gasteiger partial charge in [-0.25, -0.2) is 0 Å². The second-order valence-corrected chi connectivity index (χ2v) is 5.65. The Balaban J connectivity index is 2.28. The molecule has 21 heavy (non-hydrogen) atoms. The second-order valence-electron chi connectivity index (χ2n) is 5.65. The van der Waals surface area contributed by atoms with Crippen LogP contribution in [0.15, 0.2) is 42.6 Å². The fourth-order valence-corrected chi connectivity index (χ4v) is 2.59. The SMILES string of the molecule is CCN(Cc1ccccn1)c1ccc(C)cc1CC(C)N. The lowest BCUT2D eigenvalue weighted by Gasteiger charge is -2.26. The maximum absolute atomic E-state index is 6.01. The lowest BCUT2D eigenvalue weighted by atomic mass is 10.0. The van der Waals surface area contributed by atoms with Crippen LogP contribution in [0.5, 0.6) is 0 Å². The van der Waals surface area contributed by atoms with Gasteiger partial charge in [-0.15, -0.1) is 0 Å². The summed E-state index contributed by atoms with van der Waals surface area (Å²) in [6, 6.07) is 12.9. The summed E-state index contributed by atoms with van der Waals surface area (Å²) >= 11 is 0. The largest absolute Gasteiger partial charge is 0.366 e. The molecular weight excluding hydrogens is 258 g/mol. The Bertz CT molecular complexity index is 564. The molecule has 0 spiro atoms. The van der Waals surface area contributed by atoms with E-state index in [2.05, 4.69) is 54.9 Å². The molecule has 2 rings (SSSR count). The Kier molecular flexibility index (Phi) is 5.34. The van der Waals surface area contributed by atoms with E-state index >= 15 is 0 Å². The Morgan fingerprint density at radius 1 is 1.24 bits per heavy atom. The highest BCUT2D eigenvalue weighted by Crippen LogP contribution is 2.24. The van der Waals surface area contributed by atoms with Crippen LogP contribution >= 0.6 is 0 Å². The topological polar surface area (TPSA) is 42.2 Å². The first-order valence-electron chi connectivity index (χ1n) is 7.60. The van der Waals surface area contributed by atoms with E-state index in [1.54, 1.807) is 0 Å². The molecule has 0 fully saturated rings. The smallest absolute Gasteiger partial charge is 0.0601 e. The molecule has 1 aromatic heterocycles. The van der Waals surface area contributed by atoms with Crippen molar-refractivity contribution < 1.29 is 0 Å². The molecule has 1 aromatic carbocycles. The zero-order chi connectivity index (χ0) is 15.2. The summed E-state index contributed by atoms with van der Waals surface area (Å²) in [5, 5.41) is 0. The summed E-state index contributed by atoms with van der Waals surface area (Å²) in [6.45, 7) is 8.14. The number of nitrogens with zero attached hydrogens (tertiary/aromatic N) is 2. The van der Waals surface area contributed by atoms with E-state index in [4.69, 9.17) is 5.73 Å². The van der Waals surface area contributed by atoms with Crippen LogP contribution in [0.1, 0.15) is 30.7 Å². The van der Waals surface area contributed by atoms with E-state index in [-0.39, 0.29) is 6.04 Å². The maximum Gasteiger partial charge on any atom is 0.0601 e. The monoisotopic (exact) mass is 283 g/mol. The van der Waals surface area contributed by atoms with Gasteiger partial charge in [-0.1, -0.05) is 23.8 Å². The minimum absolute atomic E-state index is 0.166. The number of aromatic nitrogens is 1. The zero-order valence-electron chi connectivity index (χ0n) is 13.2. The predicted molar refractivity (Wildman–Crippen MR) is 89.5 cm³/mol. The summed E-state index contributed by atoms with van der Waals surface area (Å²) in [4.78, 5) is 6.79. The van der Waals surface area contributed by atoms with Gasteiger partial charge >= 0.3 is 0 Å². The van der Waals surface area contributed by atoms with Gasteiger partial charge in [0.15, 0.2) is 0 Å². The minimum atomic E-state index is 0.166. The summed E-state index contributed by atoms with van der Waals surface area (Å²) in [7, 11) is 0. The molecular formula is C18H25N3. The predicted octanol–water partition coefficient (Wildman–Crippen LogP) is 3.31. The molecule has 1 unspecified atom stereocenters. The lowest BCUT2D eigenvalue weighted by molar-refractivity contribution is 0.727. The number of hydrogen-bond donors (Lipinski definition) is 1. The Hall–Kier alpha value is -1.87. The number of hydrogen-bond acceptors (Lipinski definition) is 3. The van der Waals surface area contributed by atoms with E-state index < -0.39 is 0 Å². The second kappa shape index (κ2) is 7.23. The van der Waals surface area contributed by atoms with Gasteiger partial charge in [0.2, 0.25) is 0 Å². The van der Waals surface area contributed by atoms with Gasteiger partial charge < -0.3 is 10.6 Å². The molecule has 0 aliphatic carbocycles. The van der Waals surface area contributed by atoms with E-state index in [9.17, 15) is 0 Å². The molecule has 0 aliphatic heterocycles. The first kappa shape index (κ1) is 15.5. The van der Waals surface area contributed by atoms with Crippen LogP contribution in [-0.4, -0.2) is 17.6 Å². The number of aryl methyl sites for hydroxylation is 1. The molecule has 1 atom stereocenters. The molecule has 3 heteroatoms. The molecule has 0 saturated carbocycles. The van der Waals surface area contributed by atoms with Gasteiger partial charge in [-0.2, -0.15) is 0 Å². The minimum Gasteiger partial charge on any atom is -0.366 e. The van der Waals surface area contributed by atoms with Crippen LogP contribution in [0.25, 0.3) is 0 Å². The third-order valence-electron chi connectivity index (χ3n) is 3.58. The highest BCUT2D eigenvalue weighted by molar-refractivity contribution is 5.55. The Morgan fingerprint density at radius 2 is 2.05 bits per heavy atom. The van der Waals surface area contributed by atoms with Gasteiger partial charge in [0.25, 0.3) is 0 Å². The third-order valence-corrected chi connectivity index (χ3v) is 3.58. The molecule has 0 amide bonds. The van der Waals surface area contributed by atoms with Crippen molar-refractivity contribution in [3.8, 4) is 0 Å². The van der Waals surface area contributed by atoms with Crippen molar-refractivity contribution in [3.63, 3.8) is 0 Å². The van der Waals surface area contributed by atoms with Crippen molar-refractivity contribution in [1.29, 1.82) is 0 Å². The Labute approximate surface area is 127 Å². The number of rotatable bonds is 6. The average Bonchev–Trinajstić information content (AvgIpc) is 2.46. The van der Waals surface area contributed by atoms with Crippen molar-refractivity contribution in [2.24, 2.45) is 5.73 Å². The van der Waals surface area contributed by atoms with Crippen molar-refractivity contribution >= 4 is 5.69 Å². The standard InChI is InChI=1S/C18H25N3/c1-4-21(13-17-7-5-6-10-20-17)18-9-8-14(2)11-16(18)12-15(3)19/h5-11,15H,4,12-13,19H2,1-3H3. The first-order valence-corrected chi connectivity index (χ1v) is 7.60. The van der Waals surface area contributed by atoms with Crippen LogP contribution in [0.2, 0.25) is 0 Å². The van der Waals surface area contributed by atoms with Gasteiger partial charge in [0.1, 0.15) is 0 Å². The molecule has 2 aromatic rings. The summed E-state index contributed by atoms with van der Waals surface area (Å²) in [5.74, 6) is 0. The third kappa shape index (κ3) is 4.30. The number of pyridine rings is 1. The van der Waals surface area contributed by atoms with Crippen molar-refractivity contribution in [3.05, 3.63) is 59.4 Å². The Morgan fingerprint density at radius 3 is 2.67 bits per heavy atom. The molecule has 2 N–H and O–H groups in total. The lowest BCUT2D eigenvalue weighted by Crippen LogP contribution is -2.26. The van der Waals surface area contributed by atoms with Crippen LogP contribution in [-0.2, 0) is 13.0 Å². The first-order chi connectivity index (χ1) is 10.1. The quantitative estimate of drug-likeness (QED) is 0.884. The number of benzene rings is 1. The van der Waals surface area contributed by atoms with E-state index in [1.807, 2.05) is 18.3 Å². The zero-order valence-corrected chi connectivity index (χ0v) is 13.2. The van der Waals surface area contributed by atoms with Crippen molar-refractivity contribution in [2.75, 3.05) is 11.4 Å². The number of anilines is 1. The summed E-state index contributed by atoms with van der Waals surface area (Å²) in [6.07, 6.45) is 2.75. The van der Waals surface area contributed by atoms with Crippen molar-refractivity contribution in [1.82, 2.24) is 4.98 Å². The van der Waals surface area contributed by atoms with Crippen LogP contribution in [0.3, 0.4) is 0 Å². The summed E-state index contributed by atoms with van der Waals surface area (Å²) < 4.78 is 0. The molecule has 1 heterocycles. The number of nitrogens with two attached hydrogens (primary N) is 1. The fourth-order valence-electron chi connectivity index (χ4n) is 2.59. The van der Waals surface area contributed by atoms with Crippen LogP contribution in [0, 0.1) is 6.92 Å². The molecule has 0 aliphatic rings. The molecule has 0 saturated heterocycles. The normalized spacial score (nSPS) is 12.2. The maximum atomic E-state index is 6.01. The van der Waals surface area contributed by atoms with Gasteiger partial charge in [-0.3, -0.25) is 4.98 Å². The van der Waals surface area contributed by atoms with E-state index in [0.29, 0.717) is 0 Å².